The number of nitrogens with zero attached hydrogens (tertiary/aromatic N) is 4. The lowest BCUT2D eigenvalue weighted by Gasteiger charge is -2.22. The molecular weight excluding hydrogens is 329 g/mol. The first kappa shape index (κ1) is 16.4. The van der Waals surface area contributed by atoms with Crippen LogP contribution in [0.1, 0.15) is 18.1 Å². The highest BCUT2D eigenvalue weighted by Crippen LogP contribution is 2.36. The van der Waals surface area contributed by atoms with Gasteiger partial charge in [-0.1, -0.05) is 36.4 Å². The van der Waals surface area contributed by atoms with Crippen LogP contribution in [0.15, 0.2) is 54.7 Å². The highest BCUT2D eigenvalue weighted by molar-refractivity contribution is 5.67. The Balaban J connectivity index is 1.48. The molecule has 0 radical (unpaired) electrons. The number of fused-ring (bicyclic) bond motifs is 1. The maximum absolute atomic E-state index is 13.7. The number of benzene rings is 2. The van der Waals surface area contributed by atoms with E-state index in [0.717, 1.165) is 12.1 Å². The maximum Gasteiger partial charge on any atom is 0.252 e. The van der Waals surface area contributed by atoms with E-state index < -0.39 is 0 Å². The number of hydrogen-bond acceptors (Lipinski definition) is 5. The summed E-state index contributed by atoms with van der Waals surface area (Å²) < 4.78 is 13.7. The molecule has 1 N–H and O–H groups in total. The van der Waals surface area contributed by atoms with Crippen LogP contribution >= 0.6 is 0 Å². The average Bonchev–Trinajstić information content (AvgIpc) is 2.99. The van der Waals surface area contributed by atoms with Gasteiger partial charge in [0.2, 0.25) is 0 Å². The van der Waals surface area contributed by atoms with Crippen molar-refractivity contribution in [1.29, 1.82) is 0 Å². The Bertz CT molecular complexity index is 914. The van der Waals surface area contributed by atoms with Crippen LogP contribution in [0.4, 0.5) is 21.8 Å². The molecule has 1 aromatic heterocycles. The van der Waals surface area contributed by atoms with Gasteiger partial charge < -0.3 is 10.2 Å². The predicted molar refractivity (Wildman–Crippen MR) is 100 cm³/mol. The molecule has 2 heterocycles. The van der Waals surface area contributed by atoms with Gasteiger partial charge in [0.1, 0.15) is 5.82 Å². The van der Waals surface area contributed by atoms with Crippen LogP contribution in [-0.4, -0.2) is 27.8 Å². The molecule has 0 bridgehead atoms. The first-order valence-corrected chi connectivity index (χ1v) is 8.76. The Morgan fingerprint density at radius 1 is 1.15 bits per heavy atom. The van der Waals surface area contributed by atoms with E-state index in [1.165, 1.54) is 11.6 Å². The average molecular weight is 349 g/mol. The Kier molecular flexibility index (Phi) is 4.48. The number of hydrogen-bond donors (Lipinski definition) is 1. The van der Waals surface area contributed by atoms with Gasteiger partial charge in [-0.25, -0.2) is 4.39 Å². The minimum atomic E-state index is -0.182. The molecule has 0 amide bonds. The second-order valence-electron chi connectivity index (χ2n) is 6.46. The fourth-order valence-electron chi connectivity index (χ4n) is 3.38. The monoisotopic (exact) mass is 349 g/mol. The van der Waals surface area contributed by atoms with Crippen molar-refractivity contribution in [3.63, 3.8) is 0 Å². The summed E-state index contributed by atoms with van der Waals surface area (Å²) in [5.41, 5.74) is 3.11. The van der Waals surface area contributed by atoms with E-state index in [0.29, 0.717) is 30.3 Å². The second kappa shape index (κ2) is 7.07. The van der Waals surface area contributed by atoms with Crippen molar-refractivity contribution in [3.05, 3.63) is 71.7 Å². The third kappa shape index (κ3) is 3.22. The molecule has 6 heteroatoms. The minimum absolute atomic E-state index is 0.182. The summed E-state index contributed by atoms with van der Waals surface area (Å²) in [6.45, 7) is 2.73. The predicted octanol–water partition coefficient (Wildman–Crippen LogP) is 3.75. The van der Waals surface area contributed by atoms with E-state index in [1.807, 2.05) is 12.1 Å². The molecule has 1 atom stereocenters. The van der Waals surface area contributed by atoms with Crippen LogP contribution in [0, 0.1) is 5.82 Å². The van der Waals surface area contributed by atoms with E-state index in [4.69, 9.17) is 0 Å². The lowest BCUT2D eigenvalue weighted by molar-refractivity contribution is 0.610. The zero-order valence-corrected chi connectivity index (χ0v) is 14.6. The summed E-state index contributed by atoms with van der Waals surface area (Å²) in [5, 5.41) is 11.5. The maximum atomic E-state index is 13.7. The lowest BCUT2D eigenvalue weighted by Crippen LogP contribution is -2.26. The quantitative estimate of drug-likeness (QED) is 0.760. The summed E-state index contributed by atoms with van der Waals surface area (Å²) in [7, 11) is 0. The van der Waals surface area contributed by atoms with E-state index in [1.54, 1.807) is 18.3 Å². The van der Waals surface area contributed by atoms with Crippen LogP contribution in [-0.2, 0) is 12.8 Å². The van der Waals surface area contributed by atoms with E-state index >= 15 is 0 Å². The number of para-hydroxylation sites is 1. The Morgan fingerprint density at radius 2 is 1.96 bits per heavy atom. The van der Waals surface area contributed by atoms with Crippen LogP contribution in [0.25, 0.3) is 0 Å². The highest BCUT2D eigenvalue weighted by atomic mass is 19.1. The number of nitrogens with one attached hydrogen (secondary N) is 1. The van der Waals surface area contributed by atoms with Gasteiger partial charge in [0, 0.05) is 18.3 Å². The summed E-state index contributed by atoms with van der Waals surface area (Å²) >= 11 is 0. The third-order valence-electron chi connectivity index (χ3n) is 4.63. The Labute approximate surface area is 151 Å². The molecule has 5 nitrogen and oxygen atoms in total. The van der Waals surface area contributed by atoms with Crippen molar-refractivity contribution in [2.24, 2.45) is 0 Å². The van der Waals surface area contributed by atoms with Crippen molar-refractivity contribution in [3.8, 4) is 0 Å². The molecule has 26 heavy (non-hydrogen) atoms. The van der Waals surface area contributed by atoms with E-state index in [9.17, 15) is 4.39 Å². The second-order valence-corrected chi connectivity index (χ2v) is 6.46. The van der Waals surface area contributed by atoms with Gasteiger partial charge in [-0.3, -0.25) is 0 Å². The molecule has 1 aliphatic rings. The van der Waals surface area contributed by atoms with Gasteiger partial charge >= 0.3 is 0 Å². The molecule has 0 saturated carbocycles. The van der Waals surface area contributed by atoms with Gasteiger partial charge in [0.15, 0.2) is 5.82 Å². The molecule has 2 aromatic carbocycles. The van der Waals surface area contributed by atoms with Crippen molar-refractivity contribution in [2.45, 2.75) is 25.8 Å². The summed E-state index contributed by atoms with van der Waals surface area (Å²) in [5.74, 6) is 1.04. The van der Waals surface area contributed by atoms with Gasteiger partial charge in [-0.2, -0.15) is 10.1 Å². The fraction of sp³-hybridized carbons (Fsp3) is 0.250. The van der Waals surface area contributed by atoms with Crippen molar-refractivity contribution < 1.29 is 4.39 Å². The Morgan fingerprint density at radius 3 is 2.85 bits per heavy atom. The molecule has 132 valence electrons. The number of rotatable bonds is 5. The van der Waals surface area contributed by atoms with Crippen LogP contribution in [0.3, 0.4) is 0 Å². The standard InChI is InChI=1S/C20H20FN5/c1-14-12-16-7-3-5-9-18(16)26(14)20-24-19(13-23-25-20)22-11-10-15-6-2-4-8-17(15)21/h2-9,13-14H,10-12H2,1H3,(H,22,24,25). The normalized spacial score (nSPS) is 15.8. The number of anilines is 3. The summed E-state index contributed by atoms with van der Waals surface area (Å²) in [6, 6.07) is 15.4. The molecule has 0 fully saturated rings. The first-order valence-electron chi connectivity index (χ1n) is 8.76. The molecule has 4 rings (SSSR count). The topological polar surface area (TPSA) is 53.9 Å². The molecule has 3 aromatic rings. The van der Waals surface area contributed by atoms with Crippen molar-refractivity contribution >= 4 is 17.5 Å². The minimum Gasteiger partial charge on any atom is -0.368 e. The lowest BCUT2D eigenvalue weighted by atomic mass is 10.1. The van der Waals surface area contributed by atoms with E-state index in [-0.39, 0.29) is 11.9 Å². The fourth-order valence-corrected chi connectivity index (χ4v) is 3.38. The number of halogens is 1. The zero-order chi connectivity index (χ0) is 17.9. The van der Waals surface area contributed by atoms with Crippen molar-refractivity contribution in [1.82, 2.24) is 15.2 Å². The summed E-state index contributed by atoms with van der Waals surface area (Å²) in [4.78, 5) is 6.72. The van der Waals surface area contributed by atoms with Gasteiger partial charge in [-0.15, -0.1) is 5.10 Å². The Hall–Kier alpha value is -3.02. The largest absolute Gasteiger partial charge is 0.368 e. The summed E-state index contributed by atoms with van der Waals surface area (Å²) in [6.07, 6.45) is 3.14. The molecule has 1 aliphatic heterocycles. The number of aromatic nitrogens is 3. The third-order valence-corrected chi connectivity index (χ3v) is 4.63. The van der Waals surface area contributed by atoms with E-state index in [2.05, 4.69) is 50.5 Å². The van der Waals surface area contributed by atoms with Gasteiger partial charge in [0.25, 0.3) is 5.95 Å². The molecule has 0 aliphatic carbocycles. The van der Waals surface area contributed by atoms with Crippen LogP contribution < -0.4 is 10.2 Å². The van der Waals surface area contributed by atoms with Crippen molar-refractivity contribution in [2.75, 3.05) is 16.8 Å². The zero-order valence-electron chi connectivity index (χ0n) is 14.6. The first-order chi connectivity index (χ1) is 12.7. The molecule has 0 saturated heterocycles. The molecule has 0 spiro atoms. The smallest absolute Gasteiger partial charge is 0.252 e. The molecular formula is C20H20FN5. The van der Waals surface area contributed by atoms with Gasteiger partial charge in [0.05, 0.1) is 6.20 Å². The van der Waals surface area contributed by atoms with Crippen LogP contribution in [0.5, 0.6) is 0 Å². The SMILES string of the molecule is CC1Cc2ccccc2N1c1nncc(NCCc2ccccc2F)n1. The van der Waals surface area contributed by atoms with Gasteiger partial charge in [-0.05, 0) is 43.0 Å². The molecule has 1 unspecified atom stereocenters. The van der Waals surface area contributed by atoms with Crippen LogP contribution in [0.2, 0.25) is 0 Å². The highest BCUT2D eigenvalue weighted by Gasteiger charge is 2.29.